The van der Waals surface area contributed by atoms with Gasteiger partial charge in [-0.2, -0.15) is 0 Å². The van der Waals surface area contributed by atoms with Gasteiger partial charge in [0, 0.05) is 0 Å². The Bertz CT molecular complexity index is 309. The highest BCUT2D eigenvalue weighted by molar-refractivity contribution is 6.46. The van der Waals surface area contributed by atoms with Crippen molar-refractivity contribution in [2.45, 2.75) is 6.92 Å². The maximum Gasteiger partial charge on any atom is 0.335 e. The van der Waals surface area contributed by atoms with Crippen molar-refractivity contribution in [3.8, 4) is 0 Å². The van der Waals surface area contributed by atoms with Gasteiger partial charge in [-0.3, -0.25) is 0 Å². The SMILES string of the molecule is Cc1cc(C(=O)O)ccc1[B]O. The third-order valence-electron chi connectivity index (χ3n) is 1.66. The molecule has 4 heteroatoms. The zero-order chi connectivity index (χ0) is 9.14. The number of benzene rings is 1. The highest BCUT2D eigenvalue weighted by Gasteiger charge is 2.04. The number of aryl methyl sites for hydroxylation is 1. The Balaban J connectivity index is 3.10. The lowest BCUT2D eigenvalue weighted by Crippen LogP contribution is -2.17. The zero-order valence-electron chi connectivity index (χ0n) is 6.61. The molecule has 0 unspecified atom stereocenters. The third kappa shape index (κ3) is 1.65. The zero-order valence-corrected chi connectivity index (χ0v) is 6.61. The summed E-state index contributed by atoms with van der Waals surface area (Å²) in [6.45, 7) is 1.74. The van der Waals surface area contributed by atoms with Crippen molar-refractivity contribution in [2.24, 2.45) is 0 Å². The molecule has 0 aromatic heterocycles. The molecule has 1 rings (SSSR count). The van der Waals surface area contributed by atoms with Crippen molar-refractivity contribution < 1.29 is 14.9 Å². The van der Waals surface area contributed by atoms with Crippen molar-refractivity contribution in [1.29, 1.82) is 0 Å². The molecule has 0 aliphatic rings. The second kappa shape index (κ2) is 3.41. The lowest BCUT2D eigenvalue weighted by molar-refractivity contribution is 0.0697. The molecule has 3 nitrogen and oxygen atoms in total. The topological polar surface area (TPSA) is 57.5 Å². The summed E-state index contributed by atoms with van der Waals surface area (Å²) in [5.41, 5.74) is 1.62. The summed E-state index contributed by atoms with van der Waals surface area (Å²) in [7, 11) is 0.959. The molecule has 0 spiro atoms. The quantitative estimate of drug-likeness (QED) is 0.600. The molecule has 0 fully saturated rings. The van der Waals surface area contributed by atoms with Crippen LogP contribution in [0.2, 0.25) is 0 Å². The maximum atomic E-state index is 10.5. The van der Waals surface area contributed by atoms with Crippen LogP contribution in [0.3, 0.4) is 0 Å². The molecule has 0 saturated carbocycles. The second-order valence-corrected chi connectivity index (χ2v) is 2.51. The van der Waals surface area contributed by atoms with Gasteiger partial charge in [0.15, 0.2) is 0 Å². The summed E-state index contributed by atoms with van der Waals surface area (Å²) in [5, 5.41) is 17.3. The lowest BCUT2D eigenvalue weighted by atomic mass is 9.84. The largest absolute Gasteiger partial charge is 0.478 e. The molecule has 0 saturated heterocycles. The van der Waals surface area contributed by atoms with Crippen LogP contribution in [-0.2, 0) is 0 Å². The van der Waals surface area contributed by atoms with E-state index in [4.69, 9.17) is 10.1 Å². The molecule has 1 radical (unpaired) electrons. The Morgan fingerprint density at radius 3 is 2.58 bits per heavy atom. The predicted octanol–water partition coefficient (Wildman–Crippen LogP) is -0.0700. The van der Waals surface area contributed by atoms with Crippen molar-refractivity contribution in [1.82, 2.24) is 0 Å². The van der Waals surface area contributed by atoms with Crippen LogP contribution in [0.4, 0.5) is 0 Å². The Morgan fingerprint density at radius 1 is 1.50 bits per heavy atom. The molecule has 61 valence electrons. The van der Waals surface area contributed by atoms with Gasteiger partial charge in [-0.25, -0.2) is 4.79 Å². The van der Waals surface area contributed by atoms with Gasteiger partial charge in [-0.05, 0) is 19.1 Å². The van der Waals surface area contributed by atoms with E-state index in [1.165, 1.54) is 12.1 Å². The van der Waals surface area contributed by atoms with E-state index in [9.17, 15) is 4.79 Å². The highest BCUT2D eigenvalue weighted by atomic mass is 16.4. The van der Waals surface area contributed by atoms with Gasteiger partial charge >= 0.3 is 13.5 Å². The molecule has 2 N–H and O–H groups in total. The number of aromatic carboxylic acids is 1. The number of hydrogen-bond acceptors (Lipinski definition) is 2. The summed E-state index contributed by atoms with van der Waals surface area (Å²) in [4.78, 5) is 10.5. The first kappa shape index (κ1) is 8.81. The van der Waals surface area contributed by atoms with Gasteiger partial charge in [-0.1, -0.05) is 17.1 Å². The van der Waals surface area contributed by atoms with Crippen molar-refractivity contribution in [3.63, 3.8) is 0 Å². The average molecular weight is 163 g/mol. The lowest BCUT2D eigenvalue weighted by Gasteiger charge is -2.01. The molecule has 0 aliphatic carbocycles. The van der Waals surface area contributed by atoms with Crippen molar-refractivity contribution in [2.75, 3.05) is 0 Å². The number of carbonyl (C=O) groups is 1. The smallest absolute Gasteiger partial charge is 0.335 e. The fourth-order valence-corrected chi connectivity index (χ4v) is 0.954. The Morgan fingerprint density at radius 2 is 2.17 bits per heavy atom. The Kier molecular flexibility index (Phi) is 2.50. The van der Waals surface area contributed by atoms with Crippen LogP contribution in [0, 0.1) is 6.92 Å². The van der Waals surface area contributed by atoms with Crippen molar-refractivity contribution >= 4 is 18.9 Å². The minimum atomic E-state index is -0.956. The van der Waals surface area contributed by atoms with Gasteiger partial charge in [0.1, 0.15) is 0 Å². The molecule has 0 amide bonds. The van der Waals surface area contributed by atoms with E-state index >= 15 is 0 Å². The minimum absolute atomic E-state index is 0.234. The third-order valence-corrected chi connectivity index (χ3v) is 1.66. The molecule has 12 heavy (non-hydrogen) atoms. The van der Waals surface area contributed by atoms with Gasteiger partial charge in [0.05, 0.1) is 5.56 Å². The van der Waals surface area contributed by atoms with E-state index < -0.39 is 5.97 Å². The number of carboxylic acids is 1. The molecular formula is C8H8BO3. The minimum Gasteiger partial charge on any atom is -0.478 e. The van der Waals surface area contributed by atoms with E-state index in [2.05, 4.69) is 0 Å². The van der Waals surface area contributed by atoms with Gasteiger partial charge < -0.3 is 10.1 Å². The van der Waals surface area contributed by atoms with Crippen LogP contribution in [-0.4, -0.2) is 23.6 Å². The molecule has 1 aromatic carbocycles. The summed E-state index contributed by atoms with van der Waals surface area (Å²) in [6.07, 6.45) is 0. The normalized spacial score (nSPS) is 9.50. The van der Waals surface area contributed by atoms with E-state index in [0.717, 1.165) is 13.0 Å². The number of rotatable bonds is 2. The van der Waals surface area contributed by atoms with Crippen LogP contribution < -0.4 is 5.46 Å². The summed E-state index contributed by atoms with van der Waals surface area (Å²) in [6, 6.07) is 4.54. The highest BCUT2D eigenvalue weighted by Crippen LogP contribution is 2.01. The standard InChI is InChI=1S/C8H8BO3/c1-5-4-6(8(10)11)2-3-7(5)9-12/h2-4,12H,1H3,(H,10,11). The van der Waals surface area contributed by atoms with E-state index in [0.29, 0.717) is 5.46 Å². The molecular weight excluding hydrogens is 155 g/mol. The van der Waals surface area contributed by atoms with E-state index in [-0.39, 0.29) is 5.56 Å². The number of carboxylic acid groups (broad SMARTS) is 1. The summed E-state index contributed by atoms with van der Waals surface area (Å²) >= 11 is 0. The second-order valence-electron chi connectivity index (χ2n) is 2.51. The number of hydrogen-bond donors (Lipinski definition) is 2. The Hall–Kier alpha value is -1.29. The molecule has 0 aliphatic heterocycles. The first-order chi connectivity index (χ1) is 5.65. The van der Waals surface area contributed by atoms with Gasteiger partial charge in [0.2, 0.25) is 0 Å². The fraction of sp³-hybridized carbons (Fsp3) is 0.125. The summed E-state index contributed by atoms with van der Waals surface area (Å²) in [5.74, 6) is -0.956. The van der Waals surface area contributed by atoms with Crippen LogP contribution in [0.15, 0.2) is 18.2 Å². The molecule has 0 heterocycles. The molecule has 0 atom stereocenters. The first-order valence-electron chi connectivity index (χ1n) is 3.46. The summed E-state index contributed by atoms with van der Waals surface area (Å²) < 4.78 is 0. The van der Waals surface area contributed by atoms with Crippen LogP contribution in [0.25, 0.3) is 0 Å². The van der Waals surface area contributed by atoms with Crippen LogP contribution in [0.1, 0.15) is 15.9 Å². The first-order valence-corrected chi connectivity index (χ1v) is 3.46. The van der Waals surface area contributed by atoms with E-state index in [1.54, 1.807) is 13.0 Å². The maximum absolute atomic E-state index is 10.5. The molecule has 0 bridgehead atoms. The van der Waals surface area contributed by atoms with Crippen LogP contribution in [0.5, 0.6) is 0 Å². The van der Waals surface area contributed by atoms with Gasteiger partial charge in [0.25, 0.3) is 0 Å². The van der Waals surface area contributed by atoms with E-state index in [1.807, 2.05) is 0 Å². The monoisotopic (exact) mass is 163 g/mol. The predicted molar refractivity (Wildman–Crippen MR) is 45.7 cm³/mol. The average Bonchev–Trinajstić information content (AvgIpc) is 2.04. The Labute approximate surface area is 70.9 Å². The van der Waals surface area contributed by atoms with Crippen LogP contribution >= 0.6 is 0 Å². The molecule has 1 aromatic rings. The fourth-order valence-electron chi connectivity index (χ4n) is 0.954. The van der Waals surface area contributed by atoms with Gasteiger partial charge in [-0.15, -0.1) is 0 Å². The van der Waals surface area contributed by atoms with Crippen molar-refractivity contribution in [3.05, 3.63) is 29.3 Å².